The van der Waals surface area contributed by atoms with Gasteiger partial charge in [-0.15, -0.1) is 0 Å². The first-order chi connectivity index (χ1) is 3.36. The van der Waals surface area contributed by atoms with Crippen LogP contribution in [0.15, 0.2) is 23.3 Å². The summed E-state index contributed by atoms with van der Waals surface area (Å²) < 4.78 is 0. The molecule has 0 aliphatic heterocycles. The first kappa shape index (κ1) is 3.19. The average Bonchev–Trinajstić information content (AvgIpc) is 1.85. The molecule has 3 aliphatic carbocycles. The molecule has 0 aromatic heterocycles. The van der Waals surface area contributed by atoms with Crippen molar-refractivity contribution in [2.24, 2.45) is 0 Å². The normalized spacial score (nSPS) is 23.7. The quantitative estimate of drug-likeness (QED) is 0.395. The second-order valence-electron chi connectivity index (χ2n) is 1.95. The minimum absolute atomic E-state index is 0.481. The van der Waals surface area contributed by atoms with E-state index in [0.717, 1.165) is 12.0 Å². The van der Waals surface area contributed by atoms with Gasteiger partial charge in [-0.05, 0) is 11.6 Å². The lowest BCUT2D eigenvalue weighted by molar-refractivity contribution is 0.681. The maximum Gasteiger partial charge on any atom is 0.343 e. The van der Waals surface area contributed by atoms with E-state index in [-0.39, 0.29) is 0 Å². The van der Waals surface area contributed by atoms with Gasteiger partial charge in [0, 0.05) is 12.5 Å². The second-order valence-corrected chi connectivity index (χ2v) is 1.95. The average molecular weight is 93.1 g/mol. The van der Waals surface area contributed by atoms with Crippen LogP contribution in [0.25, 0.3) is 0 Å². The van der Waals surface area contributed by atoms with Crippen LogP contribution in [0.5, 0.6) is 0 Å². The highest BCUT2D eigenvalue weighted by molar-refractivity contribution is 6.12. The van der Waals surface area contributed by atoms with Gasteiger partial charge in [0.1, 0.15) is 0 Å². The van der Waals surface area contributed by atoms with E-state index >= 15 is 0 Å². The van der Waals surface area contributed by atoms with E-state index in [2.05, 4.69) is 0 Å². The van der Waals surface area contributed by atoms with Crippen LogP contribution in [0.3, 0.4) is 0 Å². The molecule has 1 nitrogen and oxygen atoms in total. The molecule has 0 saturated carbocycles. The summed E-state index contributed by atoms with van der Waals surface area (Å²) in [5.74, 6) is 0.481. The predicted molar refractivity (Wildman–Crippen MR) is 27.7 cm³/mol. The summed E-state index contributed by atoms with van der Waals surface area (Å²) in [6.45, 7) is 0. The molecule has 0 heterocycles. The third-order valence-electron chi connectivity index (χ3n) is 1.41. The molecule has 0 unspecified atom stereocenters. The monoisotopic (exact) mass is 93.0 g/mol. The number of hydrogen-bond donors (Lipinski definition) is 0. The standard InChI is InChI=1S/C6H4O/c7-6-3-4-1-5(6)2-4/h1,3H,2H2/p+1. The Kier molecular flexibility index (Phi) is 0.325. The molecule has 0 radical (unpaired) electrons. The maximum atomic E-state index is 8.81. The van der Waals surface area contributed by atoms with Gasteiger partial charge in [-0.2, -0.15) is 0 Å². The van der Waals surface area contributed by atoms with Crippen LogP contribution in [-0.2, 0) is 0 Å². The van der Waals surface area contributed by atoms with Crippen molar-refractivity contribution >= 4 is 5.78 Å². The van der Waals surface area contributed by atoms with Crippen molar-refractivity contribution in [1.29, 1.82) is 0 Å². The maximum absolute atomic E-state index is 8.81. The van der Waals surface area contributed by atoms with Gasteiger partial charge < -0.3 is 0 Å². The van der Waals surface area contributed by atoms with E-state index in [1.165, 1.54) is 5.57 Å². The first-order valence-electron chi connectivity index (χ1n) is 2.34. The molecule has 3 aliphatic rings. The highest BCUT2D eigenvalue weighted by Gasteiger charge is 2.30. The molecule has 34 valence electrons. The summed E-state index contributed by atoms with van der Waals surface area (Å²) >= 11 is 0. The van der Waals surface area contributed by atoms with Crippen molar-refractivity contribution in [2.75, 3.05) is 0 Å². The van der Waals surface area contributed by atoms with E-state index in [9.17, 15) is 0 Å². The lowest BCUT2D eigenvalue weighted by atomic mass is 10.0. The van der Waals surface area contributed by atoms with Crippen LogP contribution in [0.4, 0.5) is 0 Å². The third kappa shape index (κ3) is 0.223. The second kappa shape index (κ2) is 0.713. The molecule has 0 atom stereocenters. The number of allylic oxidation sites excluding steroid dienone is 4. The molecule has 0 aromatic carbocycles. The highest BCUT2D eigenvalue weighted by Crippen LogP contribution is 2.32. The van der Waals surface area contributed by atoms with E-state index in [4.69, 9.17) is 4.79 Å². The topological polar surface area (TPSA) is 21.4 Å². The Morgan fingerprint density at radius 2 is 2.14 bits per heavy atom. The van der Waals surface area contributed by atoms with E-state index in [1.807, 2.05) is 12.2 Å². The molecule has 3 rings (SSSR count). The van der Waals surface area contributed by atoms with Crippen LogP contribution in [0, 0.1) is 0 Å². The zero-order chi connectivity index (χ0) is 4.85. The van der Waals surface area contributed by atoms with Crippen LogP contribution in [0.1, 0.15) is 6.42 Å². The zero-order valence-electron chi connectivity index (χ0n) is 3.81. The number of ketones is 1. The summed E-state index contributed by atoms with van der Waals surface area (Å²) in [5, 5.41) is 0. The van der Waals surface area contributed by atoms with Gasteiger partial charge in [0.25, 0.3) is 0 Å². The number of rotatable bonds is 0. The smallest absolute Gasteiger partial charge is 0.274 e. The lowest BCUT2D eigenvalue weighted by Gasteiger charge is -1.99. The first-order valence-corrected chi connectivity index (χ1v) is 2.34. The Morgan fingerprint density at radius 3 is 2.29 bits per heavy atom. The molecular weight excluding hydrogens is 88.1 g/mol. The Balaban J connectivity index is 2.67. The minimum atomic E-state index is 0.481. The van der Waals surface area contributed by atoms with Crippen molar-refractivity contribution in [2.45, 2.75) is 6.42 Å². The van der Waals surface area contributed by atoms with Gasteiger partial charge in [-0.25, -0.2) is 0 Å². The molecule has 1 heteroatoms. The molecule has 2 bridgehead atoms. The van der Waals surface area contributed by atoms with Gasteiger partial charge in [-0.1, -0.05) is 0 Å². The van der Waals surface area contributed by atoms with E-state index < -0.39 is 0 Å². The third-order valence-corrected chi connectivity index (χ3v) is 1.41. The number of fused-ring (bicyclic) bond motifs is 1. The Bertz CT molecular complexity index is 180. The van der Waals surface area contributed by atoms with Gasteiger partial charge in [-0.3, -0.25) is 4.79 Å². The molecule has 0 amide bonds. The predicted octanol–water partition coefficient (Wildman–Crippen LogP) is 0.801. The highest BCUT2D eigenvalue weighted by atomic mass is 16.1. The summed E-state index contributed by atoms with van der Waals surface area (Å²) in [5.41, 5.74) is 2.38. The van der Waals surface area contributed by atoms with Crippen LogP contribution >= 0.6 is 0 Å². The summed E-state index contributed by atoms with van der Waals surface area (Å²) in [6.07, 6.45) is 4.83. The van der Waals surface area contributed by atoms with Gasteiger partial charge in [0.2, 0.25) is 0 Å². The zero-order valence-corrected chi connectivity index (χ0v) is 3.81. The van der Waals surface area contributed by atoms with Gasteiger partial charge in [0.15, 0.2) is 0 Å². The molecule has 1 N–H and O–H groups in total. The molecule has 0 fully saturated rings. The largest absolute Gasteiger partial charge is 0.343 e. The van der Waals surface area contributed by atoms with Crippen molar-refractivity contribution in [1.82, 2.24) is 0 Å². The van der Waals surface area contributed by atoms with Crippen molar-refractivity contribution in [3.63, 3.8) is 0 Å². The minimum Gasteiger partial charge on any atom is -0.274 e. The molecule has 0 spiro atoms. The SMILES string of the molecule is [OH+]=C1C=C2C=C1C2. The Morgan fingerprint density at radius 1 is 1.43 bits per heavy atom. The van der Waals surface area contributed by atoms with Crippen LogP contribution in [0.2, 0.25) is 0 Å². The lowest BCUT2D eigenvalue weighted by Crippen LogP contribution is -1.94. The summed E-state index contributed by atoms with van der Waals surface area (Å²) in [4.78, 5) is 8.81. The van der Waals surface area contributed by atoms with E-state index in [1.54, 1.807) is 0 Å². The number of hydrogen-bond acceptors (Lipinski definition) is 0. The Hall–Kier alpha value is -0.850. The molecule has 7 heavy (non-hydrogen) atoms. The van der Waals surface area contributed by atoms with Crippen LogP contribution < -0.4 is 0 Å². The molecule has 0 saturated heterocycles. The fourth-order valence-electron chi connectivity index (χ4n) is 0.940. The molecule has 0 aromatic rings. The van der Waals surface area contributed by atoms with Gasteiger partial charge >= 0.3 is 5.78 Å². The summed E-state index contributed by atoms with van der Waals surface area (Å²) in [6, 6.07) is 0. The summed E-state index contributed by atoms with van der Waals surface area (Å²) in [7, 11) is 0. The Labute approximate surface area is 41.3 Å². The number of carbonyl (C=O) groups excluding carboxylic acids is 1. The van der Waals surface area contributed by atoms with Gasteiger partial charge in [0.05, 0.1) is 5.57 Å². The van der Waals surface area contributed by atoms with Crippen molar-refractivity contribution < 1.29 is 4.79 Å². The van der Waals surface area contributed by atoms with E-state index in [0.29, 0.717) is 5.78 Å². The van der Waals surface area contributed by atoms with Crippen LogP contribution in [-0.4, -0.2) is 10.6 Å². The fourth-order valence-corrected chi connectivity index (χ4v) is 0.940. The van der Waals surface area contributed by atoms with Crippen molar-refractivity contribution in [3.05, 3.63) is 23.3 Å². The fraction of sp³-hybridized carbons (Fsp3) is 0.167. The molecular formula is C6H5O+. The van der Waals surface area contributed by atoms with Crippen molar-refractivity contribution in [3.8, 4) is 0 Å².